The Labute approximate surface area is 128 Å². The number of alkyl halides is 4. The molecule has 9 heteroatoms. The highest BCUT2D eigenvalue weighted by Crippen LogP contribution is 2.26. The molecule has 5 nitrogen and oxygen atoms in total. The van der Waals surface area contributed by atoms with E-state index in [2.05, 4.69) is 14.9 Å². The van der Waals surface area contributed by atoms with Crippen LogP contribution in [0.15, 0.2) is 28.7 Å². The van der Waals surface area contributed by atoms with Gasteiger partial charge in [-0.2, -0.15) is 8.78 Å². The van der Waals surface area contributed by atoms with Gasteiger partial charge in [0.15, 0.2) is 6.61 Å². The SMILES string of the molecule is Cc1nnc(CC(O)c2cccc(OCC(F)(F)C(F)F)c2)o1. The van der Waals surface area contributed by atoms with E-state index < -0.39 is 25.1 Å². The zero-order chi connectivity index (χ0) is 17.0. The summed E-state index contributed by atoms with van der Waals surface area (Å²) in [6.45, 7) is 0.146. The second-order valence-corrected chi connectivity index (χ2v) is 4.86. The quantitative estimate of drug-likeness (QED) is 0.789. The van der Waals surface area contributed by atoms with Crippen molar-refractivity contribution in [1.82, 2.24) is 10.2 Å². The zero-order valence-corrected chi connectivity index (χ0v) is 12.0. The summed E-state index contributed by atoms with van der Waals surface area (Å²) in [6.07, 6.45) is -4.82. The highest BCUT2D eigenvalue weighted by molar-refractivity contribution is 5.30. The molecule has 0 aliphatic heterocycles. The molecule has 2 rings (SSSR count). The van der Waals surface area contributed by atoms with E-state index in [0.717, 1.165) is 0 Å². The highest BCUT2D eigenvalue weighted by Gasteiger charge is 2.41. The number of hydrogen-bond donors (Lipinski definition) is 1. The van der Waals surface area contributed by atoms with Crippen molar-refractivity contribution in [3.05, 3.63) is 41.6 Å². The van der Waals surface area contributed by atoms with Crippen molar-refractivity contribution >= 4 is 0 Å². The number of aromatic nitrogens is 2. The Morgan fingerprint density at radius 3 is 2.65 bits per heavy atom. The fourth-order valence-electron chi connectivity index (χ4n) is 1.76. The van der Waals surface area contributed by atoms with Crippen LogP contribution in [0.5, 0.6) is 5.75 Å². The van der Waals surface area contributed by atoms with Gasteiger partial charge in [-0.1, -0.05) is 12.1 Å². The summed E-state index contributed by atoms with van der Waals surface area (Å²) in [7, 11) is 0. The molecule has 0 aliphatic carbocycles. The van der Waals surface area contributed by atoms with E-state index >= 15 is 0 Å². The van der Waals surface area contributed by atoms with E-state index in [1.807, 2.05) is 0 Å². The Bertz CT molecular complexity index is 648. The first-order chi connectivity index (χ1) is 10.8. The summed E-state index contributed by atoms with van der Waals surface area (Å²) >= 11 is 0. The molecule has 1 aromatic carbocycles. The summed E-state index contributed by atoms with van der Waals surface area (Å²) < 4.78 is 59.6. The Hall–Kier alpha value is -2.16. The van der Waals surface area contributed by atoms with Gasteiger partial charge in [0, 0.05) is 6.92 Å². The van der Waals surface area contributed by atoms with E-state index in [4.69, 9.17) is 4.42 Å². The van der Waals surface area contributed by atoms with Gasteiger partial charge in [0.2, 0.25) is 11.8 Å². The van der Waals surface area contributed by atoms with Crippen LogP contribution in [0.4, 0.5) is 17.6 Å². The lowest BCUT2D eigenvalue weighted by Gasteiger charge is -2.17. The smallest absolute Gasteiger partial charge is 0.340 e. The molecule has 0 fully saturated rings. The second-order valence-electron chi connectivity index (χ2n) is 4.86. The van der Waals surface area contributed by atoms with Crippen LogP contribution in [-0.4, -0.2) is 34.3 Å². The maximum Gasteiger partial charge on any atom is 0.340 e. The van der Waals surface area contributed by atoms with Gasteiger partial charge in [0.05, 0.1) is 12.5 Å². The first-order valence-electron chi connectivity index (χ1n) is 6.63. The van der Waals surface area contributed by atoms with Crippen LogP contribution < -0.4 is 4.74 Å². The van der Waals surface area contributed by atoms with Crippen molar-refractivity contribution in [2.45, 2.75) is 31.8 Å². The molecule has 1 atom stereocenters. The number of rotatable bonds is 7. The largest absolute Gasteiger partial charge is 0.487 e. The average Bonchev–Trinajstić information content (AvgIpc) is 2.90. The number of halogens is 4. The van der Waals surface area contributed by atoms with Gasteiger partial charge >= 0.3 is 12.3 Å². The standard InChI is InChI=1S/C14H14F4N2O3/c1-8-19-20-12(23-8)6-11(21)9-3-2-4-10(5-9)22-7-14(17,18)13(15)16/h2-5,11,13,21H,6-7H2,1H3. The molecule has 0 saturated carbocycles. The van der Waals surface area contributed by atoms with E-state index in [1.54, 1.807) is 6.92 Å². The Morgan fingerprint density at radius 1 is 1.30 bits per heavy atom. The van der Waals surface area contributed by atoms with Crippen LogP contribution in [0.2, 0.25) is 0 Å². The Morgan fingerprint density at radius 2 is 2.04 bits per heavy atom. The summed E-state index contributed by atoms with van der Waals surface area (Å²) in [5.74, 6) is -3.73. The third-order valence-corrected chi connectivity index (χ3v) is 2.93. The number of ether oxygens (including phenoxy) is 1. The summed E-state index contributed by atoms with van der Waals surface area (Å²) in [5, 5.41) is 17.4. The Kier molecular flexibility index (Phi) is 5.19. The monoisotopic (exact) mass is 334 g/mol. The first kappa shape index (κ1) is 17.2. The van der Waals surface area contributed by atoms with Crippen molar-refractivity contribution < 1.29 is 31.8 Å². The van der Waals surface area contributed by atoms with E-state index in [1.165, 1.54) is 24.3 Å². The predicted octanol–water partition coefficient (Wildman–Crippen LogP) is 2.93. The van der Waals surface area contributed by atoms with Crippen molar-refractivity contribution in [3.63, 3.8) is 0 Å². The van der Waals surface area contributed by atoms with Crippen LogP contribution in [-0.2, 0) is 6.42 Å². The molecule has 0 radical (unpaired) electrons. The van der Waals surface area contributed by atoms with Crippen molar-refractivity contribution in [2.24, 2.45) is 0 Å². The molecule has 1 N–H and O–H groups in total. The van der Waals surface area contributed by atoms with Gasteiger partial charge in [-0.3, -0.25) is 0 Å². The van der Waals surface area contributed by atoms with Gasteiger partial charge in [-0.05, 0) is 17.7 Å². The number of aryl methyl sites for hydroxylation is 1. The summed E-state index contributed by atoms with van der Waals surface area (Å²) in [5.41, 5.74) is 0.346. The minimum atomic E-state index is -4.24. The van der Waals surface area contributed by atoms with Crippen LogP contribution in [0.3, 0.4) is 0 Å². The average molecular weight is 334 g/mol. The molecule has 1 aromatic heterocycles. The molecule has 0 spiro atoms. The lowest BCUT2D eigenvalue weighted by molar-refractivity contribution is -0.148. The van der Waals surface area contributed by atoms with Gasteiger partial charge in [-0.25, -0.2) is 8.78 Å². The van der Waals surface area contributed by atoms with Crippen LogP contribution in [0.25, 0.3) is 0 Å². The van der Waals surface area contributed by atoms with Gasteiger partial charge < -0.3 is 14.3 Å². The molecule has 1 unspecified atom stereocenters. The normalized spacial score (nSPS) is 13.3. The third-order valence-electron chi connectivity index (χ3n) is 2.93. The fraction of sp³-hybridized carbons (Fsp3) is 0.429. The number of aliphatic hydroxyl groups excluding tert-OH is 1. The van der Waals surface area contributed by atoms with Crippen molar-refractivity contribution in [3.8, 4) is 5.75 Å². The second kappa shape index (κ2) is 6.95. The predicted molar refractivity (Wildman–Crippen MR) is 70.6 cm³/mol. The third kappa shape index (κ3) is 4.65. The van der Waals surface area contributed by atoms with Gasteiger partial charge in [0.25, 0.3) is 0 Å². The lowest BCUT2D eigenvalue weighted by Crippen LogP contribution is -2.33. The minimum absolute atomic E-state index is 0.0253. The number of hydrogen-bond acceptors (Lipinski definition) is 5. The van der Waals surface area contributed by atoms with Crippen LogP contribution in [0.1, 0.15) is 23.4 Å². The van der Waals surface area contributed by atoms with E-state index in [-0.39, 0.29) is 18.1 Å². The first-order valence-corrected chi connectivity index (χ1v) is 6.63. The molecule has 23 heavy (non-hydrogen) atoms. The fourth-order valence-corrected chi connectivity index (χ4v) is 1.76. The molecule has 0 aliphatic rings. The maximum atomic E-state index is 12.8. The molecule has 126 valence electrons. The molecule has 2 aromatic rings. The highest BCUT2D eigenvalue weighted by atomic mass is 19.3. The summed E-state index contributed by atoms with van der Waals surface area (Å²) in [4.78, 5) is 0. The van der Waals surface area contributed by atoms with Crippen LogP contribution >= 0.6 is 0 Å². The number of benzene rings is 1. The van der Waals surface area contributed by atoms with Gasteiger partial charge in [-0.15, -0.1) is 10.2 Å². The summed E-state index contributed by atoms with van der Waals surface area (Å²) in [6, 6.07) is 5.60. The minimum Gasteiger partial charge on any atom is -0.487 e. The maximum absolute atomic E-state index is 12.8. The number of aliphatic hydroxyl groups is 1. The van der Waals surface area contributed by atoms with Gasteiger partial charge in [0.1, 0.15) is 5.75 Å². The van der Waals surface area contributed by atoms with E-state index in [9.17, 15) is 22.7 Å². The Balaban J connectivity index is 2.01. The molecule has 0 amide bonds. The van der Waals surface area contributed by atoms with Crippen molar-refractivity contribution in [1.29, 1.82) is 0 Å². The molecule has 1 heterocycles. The van der Waals surface area contributed by atoms with Crippen LogP contribution in [0, 0.1) is 6.92 Å². The molecule has 0 saturated heterocycles. The van der Waals surface area contributed by atoms with E-state index in [0.29, 0.717) is 11.5 Å². The zero-order valence-electron chi connectivity index (χ0n) is 12.0. The molecular formula is C14H14F4N2O3. The van der Waals surface area contributed by atoms with Crippen molar-refractivity contribution in [2.75, 3.05) is 6.61 Å². The lowest BCUT2D eigenvalue weighted by atomic mass is 10.1. The molecule has 0 bridgehead atoms. The topological polar surface area (TPSA) is 68.4 Å². The number of nitrogens with zero attached hydrogens (tertiary/aromatic N) is 2. The molecular weight excluding hydrogens is 320 g/mol.